The molecule has 7 heteroatoms. The number of nitriles is 1. The van der Waals surface area contributed by atoms with Gasteiger partial charge in [-0.15, -0.1) is 0 Å². The van der Waals surface area contributed by atoms with Crippen molar-refractivity contribution in [1.29, 1.82) is 5.26 Å². The van der Waals surface area contributed by atoms with Crippen LogP contribution in [-0.2, 0) is 0 Å². The van der Waals surface area contributed by atoms with Crippen LogP contribution in [0, 0.1) is 17.1 Å². The quantitative estimate of drug-likeness (QED) is 0.737. The maximum atomic E-state index is 13.7. The summed E-state index contributed by atoms with van der Waals surface area (Å²) in [5.41, 5.74) is 5.35. The summed E-state index contributed by atoms with van der Waals surface area (Å²) in [7, 11) is 0. The van der Waals surface area contributed by atoms with Crippen LogP contribution in [0.25, 0.3) is 0 Å². The number of nitrogens with zero attached hydrogens (tertiary/aromatic N) is 1. The minimum atomic E-state index is -0.631. The van der Waals surface area contributed by atoms with Crippen LogP contribution < -0.4 is 16.4 Å². The second-order valence-corrected chi connectivity index (χ2v) is 3.91. The number of anilines is 1. The van der Waals surface area contributed by atoms with E-state index in [9.17, 15) is 9.18 Å². The Bertz CT molecular complexity index is 472. The van der Waals surface area contributed by atoms with E-state index >= 15 is 0 Å². The molecule has 0 radical (unpaired) electrons. The van der Waals surface area contributed by atoms with Crippen molar-refractivity contribution in [1.82, 2.24) is 5.32 Å². The number of halogens is 2. The van der Waals surface area contributed by atoms with Crippen molar-refractivity contribution in [2.24, 2.45) is 5.73 Å². The molecule has 90 valence electrons. The molecule has 0 atom stereocenters. The third-order valence-electron chi connectivity index (χ3n) is 1.94. The lowest BCUT2D eigenvalue weighted by atomic mass is 10.2. The summed E-state index contributed by atoms with van der Waals surface area (Å²) in [6.45, 7) is 0.616. The molecule has 0 heterocycles. The molecule has 1 rings (SSSR count). The van der Waals surface area contributed by atoms with Gasteiger partial charge in [0.15, 0.2) is 5.82 Å². The number of amides is 2. The minimum absolute atomic E-state index is 0.118. The van der Waals surface area contributed by atoms with Crippen LogP contribution in [0.5, 0.6) is 0 Å². The van der Waals surface area contributed by atoms with Crippen LogP contribution in [-0.4, -0.2) is 19.1 Å². The molecule has 5 nitrogen and oxygen atoms in total. The molecule has 0 aliphatic rings. The highest BCUT2D eigenvalue weighted by Gasteiger charge is 2.10. The molecule has 0 aliphatic heterocycles. The molecule has 4 N–H and O–H groups in total. The van der Waals surface area contributed by atoms with E-state index in [0.29, 0.717) is 6.54 Å². The lowest BCUT2D eigenvalue weighted by molar-refractivity contribution is 0.249. The van der Waals surface area contributed by atoms with Gasteiger partial charge in [-0.25, -0.2) is 9.18 Å². The number of carbonyl (C=O) groups excluding carboxylic acids is 1. The first-order valence-electron chi connectivity index (χ1n) is 4.71. The number of benzene rings is 1. The topological polar surface area (TPSA) is 90.9 Å². The van der Waals surface area contributed by atoms with E-state index in [-0.39, 0.29) is 22.3 Å². The van der Waals surface area contributed by atoms with Crippen LogP contribution in [0.2, 0.25) is 0 Å². The number of primary amides is 1. The lowest BCUT2D eigenvalue weighted by Crippen LogP contribution is -2.33. The van der Waals surface area contributed by atoms with Crippen molar-refractivity contribution in [3.05, 3.63) is 28.0 Å². The van der Waals surface area contributed by atoms with Gasteiger partial charge in [0.2, 0.25) is 0 Å². The monoisotopic (exact) mass is 300 g/mol. The first-order valence-corrected chi connectivity index (χ1v) is 5.51. The fourth-order valence-corrected chi connectivity index (χ4v) is 1.59. The molecule has 0 unspecified atom stereocenters. The lowest BCUT2D eigenvalue weighted by Gasteiger charge is -2.09. The molecule has 0 aromatic heterocycles. The summed E-state index contributed by atoms with van der Waals surface area (Å²) in [4.78, 5) is 10.4. The molecule has 2 amide bonds. The van der Waals surface area contributed by atoms with Crippen LogP contribution >= 0.6 is 15.9 Å². The predicted octanol–water partition coefficient (Wildman–Crippen LogP) is 1.54. The van der Waals surface area contributed by atoms with Crippen LogP contribution in [0.1, 0.15) is 5.56 Å². The Morgan fingerprint density at radius 2 is 2.24 bits per heavy atom. The number of nitrogens with one attached hydrogen (secondary N) is 2. The maximum absolute atomic E-state index is 13.7. The number of nitrogens with two attached hydrogens (primary N) is 1. The second kappa shape index (κ2) is 6.06. The Kier molecular flexibility index (Phi) is 4.72. The summed E-state index contributed by atoms with van der Waals surface area (Å²) in [6, 6.07) is 4.18. The van der Waals surface area contributed by atoms with Gasteiger partial charge in [-0.3, -0.25) is 0 Å². The fraction of sp³-hybridized carbons (Fsp3) is 0.200. The van der Waals surface area contributed by atoms with Crippen molar-refractivity contribution in [3.8, 4) is 6.07 Å². The van der Waals surface area contributed by atoms with E-state index in [1.54, 1.807) is 0 Å². The predicted molar refractivity (Wildman–Crippen MR) is 64.9 cm³/mol. The molecule has 0 saturated carbocycles. The van der Waals surface area contributed by atoms with Gasteiger partial charge in [-0.05, 0) is 28.1 Å². The normalized spacial score (nSPS) is 9.47. The van der Waals surface area contributed by atoms with Crippen LogP contribution in [0.4, 0.5) is 14.9 Å². The van der Waals surface area contributed by atoms with Gasteiger partial charge in [0.1, 0.15) is 6.07 Å². The van der Waals surface area contributed by atoms with Gasteiger partial charge in [-0.2, -0.15) is 5.26 Å². The molecular weight excluding hydrogens is 291 g/mol. The molecule has 0 aliphatic carbocycles. The Balaban J connectivity index is 2.64. The summed E-state index contributed by atoms with van der Waals surface area (Å²) >= 11 is 3.00. The number of hydrogen-bond acceptors (Lipinski definition) is 3. The fourth-order valence-electron chi connectivity index (χ4n) is 1.16. The van der Waals surface area contributed by atoms with E-state index in [4.69, 9.17) is 11.0 Å². The van der Waals surface area contributed by atoms with Gasteiger partial charge >= 0.3 is 6.03 Å². The number of carbonyl (C=O) groups is 1. The molecule has 17 heavy (non-hydrogen) atoms. The highest BCUT2D eigenvalue weighted by atomic mass is 79.9. The van der Waals surface area contributed by atoms with Crippen molar-refractivity contribution < 1.29 is 9.18 Å². The van der Waals surface area contributed by atoms with Gasteiger partial charge < -0.3 is 16.4 Å². The molecular formula is C10H10BrFN4O. The average Bonchev–Trinajstić information content (AvgIpc) is 2.29. The smallest absolute Gasteiger partial charge is 0.312 e. The molecule has 1 aromatic rings. The highest BCUT2D eigenvalue weighted by molar-refractivity contribution is 9.10. The first kappa shape index (κ1) is 13.3. The highest BCUT2D eigenvalue weighted by Crippen LogP contribution is 2.26. The Morgan fingerprint density at radius 3 is 2.82 bits per heavy atom. The third-order valence-corrected chi connectivity index (χ3v) is 2.72. The van der Waals surface area contributed by atoms with E-state index in [1.165, 1.54) is 12.1 Å². The van der Waals surface area contributed by atoms with Gasteiger partial charge in [0.05, 0.1) is 15.7 Å². The molecule has 0 saturated heterocycles. The number of hydrogen-bond donors (Lipinski definition) is 3. The molecule has 1 aromatic carbocycles. The number of urea groups is 1. The largest absolute Gasteiger partial charge is 0.381 e. The van der Waals surface area contributed by atoms with Gasteiger partial charge in [0, 0.05) is 13.1 Å². The van der Waals surface area contributed by atoms with Crippen LogP contribution in [0.15, 0.2) is 16.6 Å². The summed E-state index contributed by atoms with van der Waals surface area (Å²) < 4.78 is 13.8. The maximum Gasteiger partial charge on any atom is 0.312 e. The van der Waals surface area contributed by atoms with Crippen molar-refractivity contribution in [2.45, 2.75) is 0 Å². The van der Waals surface area contributed by atoms with E-state index in [0.717, 1.165) is 0 Å². The summed E-state index contributed by atoms with van der Waals surface area (Å²) in [6.07, 6.45) is 0. The SMILES string of the molecule is N#Cc1ccc(NCCNC(N)=O)c(F)c1Br. The second-order valence-electron chi connectivity index (χ2n) is 3.12. The zero-order chi connectivity index (χ0) is 12.8. The summed E-state index contributed by atoms with van der Waals surface area (Å²) in [5, 5.41) is 13.8. The molecule has 0 spiro atoms. The zero-order valence-electron chi connectivity index (χ0n) is 8.76. The Morgan fingerprint density at radius 1 is 1.53 bits per heavy atom. The van der Waals surface area contributed by atoms with Crippen molar-refractivity contribution >= 4 is 27.6 Å². The minimum Gasteiger partial charge on any atom is -0.381 e. The van der Waals surface area contributed by atoms with Gasteiger partial charge in [-0.1, -0.05) is 0 Å². The molecule has 0 bridgehead atoms. The van der Waals surface area contributed by atoms with E-state index in [1.807, 2.05) is 6.07 Å². The standard InChI is InChI=1S/C10H10BrFN4O/c11-8-6(5-13)1-2-7(9(8)12)15-3-4-16-10(14)17/h1-2,15H,3-4H2,(H3,14,16,17). The Hall–Kier alpha value is -1.81. The van der Waals surface area contributed by atoms with Crippen molar-refractivity contribution in [2.75, 3.05) is 18.4 Å². The summed E-state index contributed by atoms with van der Waals surface area (Å²) in [5.74, 6) is -0.539. The zero-order valence-corrected chi connectivity index (χ0v) is 10.3. The Labute approximate surface area is 106 Å². The van der Waals surface area contributed by atoms with Crippen molar-refractivity contribution in [3.63, 3.8) is 0 Å². The first-order chi connectivity index (χ1) is 8.06. The third kappa shape index (κ3) is 3.60. The average molecular weight is 301 g/mol. The van der Waals surface area contributed by atoms with E-state index < -0.39 is 11.8 Å². The number of rotatable bonds is 4. The molecule has 0 fully saturated rings. The van der Waals surface area contributed by atoms with E-state index in [2.05, 4.69) is 26.6 Å². The van der Waals surface area contributed by atoms with Crippen LogP contribution in [0.3, 0.4) is 0 Å². The van der Waals surface area contributed by atoms with Gasteiger partial charge in [0.25, 0.3) is 0 Å².